The van der Waals surface area contributed by atoms with E-state index in [0.29, 0.717) is 12.5 Å². The number of aromatic nitrogens is 2. The van der Waals surface area contributed by atoms with Gasteiger partial charge in [-0.25, -0.2) is 0 Å². The Balaban J connectivity index is 2.63. The molecule has 2 N–H and O–H groups in total. The molecule has 20 heavy (non-hydrogen) atoms. The number of aryl methyl sites for hydroxylation is 1. The minimum Gasteiger partial charge on any atom is -0.389 e. The van der Waals surface area contributed by atoms with E-state index < -0.39 is 5.60 Å². The second kappa shape index (κ2) is 6.27. The van der Waals surface area contributed by atoms with Crippen molar-refractivity contribution in [3.63, 3.8) is 0 Å². The normalized spacial score (nSPS) is 15.7. The molecule has 0 aliphatic rings. The average molecular weight is 281 g/mol. The van der Waals surface area contributed by atoms with Gasteiger partial charge in [-0.05, 0) is 19.3 Å². The average Bonchev–Trinajstić information content (AvgIpc) is 2.56. The van der Waals surface area contributed by atoms with Gasteiger partial charge in [-0.2, -0.15) is 5.10 Å². The fourth-order valence-corrected chi connectivity index (χ4v) is 2.72. The van der Waals surface area contributed by atoms with Gasteiger partial charge in [0, 0.05) is 37.3 Å². The Morgan fingerprint density at radius 1 is 1.30 bits per heavy atom. The van der Waals surface area contributed by atoms with Gasteiger partial charge in [-0.15, -0.1) is 0 Å². The van der Waals surface area contributed by atoms with Crippen LogP contribution in [0.3, 0.4) is 0 Å². The molecule has 1 rings (SSSR count). The zero-order chi connectivity index (χ0) is 15.6. The Kier molecular flexibility index (Phi) is 5.39. The lowest BCUT2D eigenvalue weighted by Crippen LogP contribution is -2.38. The molecular formula is C16H31N3O. The summed E-state index contributed by atoms with van der Waals surface area (Å²) >= 11 is 0. The van der Waals surface area contributed by atoms with Crippen molar-refractivity contribution in [1.29, 1.82) is 0 Å². The lowest BCUT2D eigenvalue weighted by atomic mass is 9.89. The number of nitrogens with one attached hydrogen (secondary N) is 1. The minimum atomic E-state index is -0.654. The predicted octanol–water partition coefficient (Wildman–Crippen LogP) is 2.60. The third-order valence-corrected chi connectivity index (χ3v) is 3.28. The van der Waals surface area contributed by atoms with Crippen LogP contribution in [0.1, 0.15) is 59.2 Å². The highest BCUT2D eigenvalue weighted by molar-refractivity contribution is 5.23. The SMILES string of the molecule is CC(C)CC(C)(O)CNCc1cn(C)nc1C(C)(C)C. The van der Waals surface area contributed by atoms with Crippen LogP contribution in [0, 0.1) is 5.92 Å². The topological polar surface area (TPSA) is 50.1 Å². The van der Waals surface area contributed by atoms with Gasteiger partial charge in [-0.1, -0.05) is 34.6 Å². The van der Waals surface area contributed by atoms with Crippen LogP contribution in [0.15, 0.2) is 6.20 Å². The highest BCUT2D eigenvalue weighted by atomic mass is 16.3. The first kappa shape index (κ1) is 17.2. The largest absolute Gasteiger partial charge is 0.389 e. The van der Waals surface area contributed by atoms with E-state index >= 15 is 0 Å². The summed E-state index contributed by atoms with van der Waals surface area (Å²) in [6.07, 6.45) is 2.86. The van der Waals surface area contributed by atoms with Crippen molar-refractivity contribution in [2.24, 2.45) is 13.0 Å². The molecule has 1 aromatic rings. The third-order valence-electron chi connectivity index (χ3n) is 3.28. The number of hydrogen-bond donors (Lipinski definition) is 2. The van der Waals surface area contributed by atoms with Gasteiger partial charge in [0.25, 0.3) is 0 Å². The smallest absolute Gasteiger partial charge is 0.0746 e. The molecule has 4 heteroatoms. The van der Waals surface area contributed by atoms with Crippen molar-refractivity contribution in [2.45, 2.75) is 65.5 Å². The molecule has 4 nitrogen and oxygen atoms in total. The van der Waals surface area contributed by atoms with Crippen LogP contribution in [-0.2, 0) is 19.0 Å². The van der Waals surface area contributed by atoms with Gasteiger partial charge >= 0.3 is 0 Å². The summed E-state index contributed by atoms with van der Waals surface area (Å²) in [6, 6.07) is 0. The lowest BCUT2D eigenvalue weighted by Gasteiger charge is -2.26. The van der Waals surface area contributed by atoms with E-state index in [1.165, 1.54) is 5.56 Å². The summed E-state index contributed by atoms with van der Waals surface area (Å²) in [7, 11) is 1.95. The van der Waals surface area contributed by atoms with E-state index in [4.69, 9.17) is 0 Å². The molecule has 1 heterocycles. The number of aliphatic hydroxyl groups is 1. The molecule has 1 aromatic heterocycles. The van der Waals surface area contributed by atoms with Gasteiger partial charge in [-0.3, -0.25) is 4.68 Å². The molecule has 0 radical (unpaired) electrons. The maximum atomic E-state index is 10.3. The molecular weight excluding hydrogens is 250 g/mol. The van der Waals surface area contributed by atoms with Gasteiger partial charge in [0.15, 0.2) is 0 Å². The molecule has 0 fully saturated rings. The zero-order valence-electron chi connectivity index (χ0n) is 14.1. The fourth-order valence-electron chi connectivity index (χ4n) is 2.72. The van der Waals surface area contributed by atoms with Crippen LogP contribution in [0.2, 0.25) is 0 Å². The Morgan fingerprint density at radius 2 is 1.90 bits per heavy atom. The Hall–Kier alpha value is -0.870. The first-order valence-electron chi connectivity index (χ1n) is 7.47. The molecule has 0 aromatic carbocycles. The molecule has 0 amide bonds. The molecule has 0 saturated heterocycles. The van der Waals surface area contributed by atoms with Gasteiger partial charge in [0.1, 0.15) is 0 Å². The summed E-state index contributed by atoms with van der Waals surface area (Å²) < 4.78 is 1.86. The van der Waals surface area contributed by atoms with Crippen molar-refractivity contribution >= 4 is 0 Å². The van der Waals surface area contributed by atoms with Crippen molar-refractivity contribution < 1.29 is 5.11 Å². The first-order chi connectivity index (χ1) is 9.01. The molecule has 0 bridgehead atoms. The highest BCUT2D eigenvalue weighted by Crippen LogP contribution is 2.24. The van der Waals surface area contributed by atoms with Crippen LogP contribution in [0.5, 0.6) is 0 Å². The van der Waals surface area contributed by atoms with Crippen LogP contribution in [-0.4, -0.2) is 27.0 Å². The summed E-state index contributed by atoms with van der Waals surface area (Å²) in [5.74, 6) is 0.496. The van der Waals surface area contributed by atoms with E-state index in [1.54, 1.807) is 0 Å². The van der Waals surface area contributed by atoms with Crippen LogP contribution in [0.25, 0.3) is 0 Å². The maximum Gasteiger partial charge on any atom is 0.0746 e. The van der Waals surface area contributed by atoms with Gasteiger partial charge < -0.3 is 10.4 Å². The standard InChI is InChI=1S/C16H31N3O/c1-12(2)8-16(6,20)11-17-9-13-10-19(7)18-14(13)15(3,4)5/h10,12,17,20H,8-9,11H2,1-7H3. The number of hydrogen-bond acceptors (Lipinski definition) is 3. The van der Waals surface area contributed by atoms with Crippen LogP contribution in [0.4, 0.5) is 0 Å². The molecule has 116 valence electrons. The van der Waals surface area contributed by atoms with E-state index in [0.717, 1.165) is 18.7 Å². The second-order valence-corrected chi connectivity index (χ2v) is 7.63. The summed E-state index contributed by atoms with van der Waals surface area (Å²) in [4.78, 5) is 0. The summed E-state index contributed by atoms with van der Waals surface area (Å²) in [5, 5.41) is 18.2. The van der Waals surface area contributed by atoms with E-state index in [1.807, 2.05) is 18.7 Å². The van der Waals surface area contributed by atoms with Gasteiger partial charge in [0.05, 0.1) is 11.3 Å². The Bertz CT molecular complexity index is 427. The molecule has 1 unspecified atom stereocenters. The number of nitrogens with zero attached hydrogens (tertiary/aromatic N) is 2. The summed E-state index contributed by atoms with van der Waals surface area (Å²) in [5.41, 5.74) is 1.72. The lowest BCUT2D eigenvalue weighted by molar-refractivity contribution is 0.0383. The summed E-state index contributed by atoms with van der Waals surface area (Å²) in [6.45, 7) is 14.0. The predicted molar refractivity (Wildman–Crippen MR) is 83.7 cm³/mol. The van der Waals surface area contributed by atoms with Crippen molar-refractivity contribution in [3.05, 3.63) is 17.5 Å². The van der Waals surface area contributed by atoms with Crippen LogP contribution < -0.4 is 5.32 Å². The number of rotatable bonds is 6. The van der Waals surface area contributed by atoms with Crippen molar-refractivity contribution in [3.8, 4) is 0 Å². The fraction of sp³-hybridized carbons (Fsp3) is 0.812. The van der Waals surface area contributed by atoms with E-state index in [2.05, 4.69) is 51.2 Å². The minimum absolute atomic E-state index is 0.0404. The first-order valence-corrected chi connectivity index (χ1v) is 7.47. The monoisotopic (exact) mass is 281 g/mol. The van der Waals surface area contributed by atoms with Crippen molar-refractivity contribution in [1.82, 2.24) is 15.1 Å². The molecule has 0 aliphatic carbocycles. The quantitative estimate of drug-likeness (QED) is 0.842. The molecule has 0 aliphatic heterocycles. The van der Waals surface area contributed by atoms with E-state index in [-0.39, 0.29) is 5.41 Å². The highest BCUT2D eigenvalue weighted by Gasteiger charge is 2.24. The Morgan fingerprint density at radius 3 is 2.40 bits per heavy atom. The third kappa shape index (κ3) is 5.25. The Labute approximate surface area is 123 Å². The zero-order valence-corrected chi connectivity index (χ0v) is 14.1. The molecule has 0 saturated carbocycles. The van der Waals surface area contributed by atoms with E-state index in [9.17, 15) is 5.11 Å². The maximum absolute atomic E-state index is 10.3. The molecule has 1 atom stereocenters. The second-order valence-electron chi connectivity index (χ2n) is 7.63. The molecule has 0 spiro atoms. The van der Waals surface area contributed by atoms with Crippen LogP contribution >= 0.6 is 0 Å². The van der Waals surface area contributed by atoms with Crippen molar-refractivity contribution in [2.75, 3.05) is 6.54 Å². The van der Waals surface area contributed by atoms with Gasteiger partial charge in [0.2, 0.25) is 0 Å².